The summed E-state index contributed by atoms with van der Waals surface area (Å²) in [5, 5.41) is 0. The van der Waals surface area contributed by atoms with Crippen molar-refractivity contribution >= 4 is 60.6 Å². The van der Waals surface area contributed by atoms with Gasteiger partial charge in [-0.25, -0.2) is 0 Å². The molecular formula is C24H36O6S3Si2. The van der Waals surface area contributed by atoms with Gasteiger partial charge in [-0.05, 0) is 77.9 Å². The molecule has 3 aromatic rings. The molecule has 0 aliphatic heterocycles. The first-order chi connectivity index (χ1) is 17.0. The Bertz CT molecular complexity index is 921. The van der Waals surface area contributed by atoms with Crippen LogP contribution in [0.2, 0.25) is 0 Å². The minimum atomic E-state index is -2.89. The van der Waals surface area contributed by atoms with Crippen LogP contribution in [-0.4, -0.2) is 57.3 Å². The maximum absolute atomic E-state index is 6.09. The molecule has 3 heterocycles. The van der Waals surface area contributed by atoms with Crippen LogP contribution in [0.5, 0.6) is 0 Å². The average Bonchev–Trinajstić information content (AvgIpc) is 3.60. The third-order valence-corrected chi connectivity index (χ3v) is 15.9. The van der Waals surface area contributed by atoms with Gasteiger partial charge in [-0.3, -0.25) is 0 Å². The minimum absolute atomic E-state index is 0.555. The molecule has 0 aliphatic rings. The maximum atomic E-state index is 6.09. The van der Waals surface area contributed by atoms with Gasteiger partial charge in [0.2, 0.25) is 0 Å². The molecule has 0 aromatic carbocycles. The number of hydrogen-bond acceptors (Lipinski definition) is 9. The van der Waals surface area contributed by atoms with E-state index >= 15 is 0 Å². The zero-order valence-corrected chi connectivity index (χ0v) is 25.8. The standard InChI is InChI=1S/C24H36O6S3Si2/c1-7-25-34(26-8-2,27-9-3)23-17-15-21(32-23)19-13-14-20(31-19)22-16-18-24(33-22)35(28-10-4,29-11-5)30-12-6/h13-18H,7-12H2,1-6H3. The van der Waals surface area contributed by atoms with E-state index in [2.05, 4.69) is 36.4 Å². The SMILES string of the molecule is CCO[Si](OCC)(OCC)c1ccc(-c2ccc(-c3ccc([Si](OCC)(OCC)OCC)s3)s2)s1. The molecule has 0 fully saturated rings. The second-order valence-electron chi connectivity index (χ2n) is 7.20. The molecule has 0 aliphatic carbocycles. The molecule has 0 saturated carbocycles. The maximum Gasteiger partial charge on any atom is 0.547 e. The summed E-state index contributed by atoms with van der Waals surface area (Å²) in [6, 6.07) is 12.8. The molecular weight excluding hydrogens is 537 g/mol. The normalized spacial score (nSPS) is 12.5. The molecule has 3 rings (SSSR count). The van der Waals surface area contributed by atoms with Crippen molar-refractivity contribution in [1.29, 1.82) is 0 Å². The first-order valence-electron chi connectivity index (χ1n) is 12.2. The van der Waals surface area contributed by atoms with E-state index < -0.39 is 17.6 Å². The summed E-state index contributed by atoms with van der Waals surface area (Å²) in [5.41, 5.74) is 0. The van der Waals surface area contributed by atoms with E-state index in [4.69, 9.17) is 26.6 Å². The molecule has 6 nitrogen and oxygen atoms in total. The van der Waals surface area contributed by atoms with E-state index in [-0.39, 0.29) is 0 Å². The van der Waals surface area contributed by atoms with Crippen molar-refractivity contribution in [1.82, 2.24) is 0 Å². The Kier molecular flexibility index (Phi) is 11.3. The zero-order valence-electron chi connectivity index (χ0n) is 21.4. The van der Waals surface area contributed by atoms with Gasteiger partial charge >= 0.3 is 17.6 Å². The Morgan fingerprint density at radius 3 is 0.971 bits per heavy atom. The van der Waals surface area contributed by atoms with E-state index in [1.54, 1.807) is 34.0 Å². The summed E-state index contributed by atoms with van der Waals surface area (Å²) < 4.78 is 38.7. The van der Waals surface area contributed by atoms with Gasteiger partial charge in [0.25, 0.3) is 0 Å². The van der Waals surface area contributed by atoms with Crippen LogP contribution in [-0.2, 0) is 26.6 Å². The van der Waals surface area contributed by atoms with Gasteiger partial charge in [0.1, 0.15) is 0 Å². The van der Waals surface area contributed by atoms with Crippen molar-refractivity contribution < 1.29 is 26.6 Å². The first kappa shape index (κ1) is 28.9. The predicted molar refractivity (Wildman–Crippen MR) is 151 cm³/mol. The molecule has 194 valence electrons. The Morgan fingerprint density at radius 1 is 0.429 bits per heavy atom. The molecule has 0 radical (unpaired) electrons. The Morgan fingerprint density at radius 2 is 0.686 bits per heavy atom. The molecule has 0 unspecified atom stereocenters. The Hall–Kier alpha value is -0.706. The van der Waals surface area contributed by atoms with E-state index in [9.17, 15) is 0 Å². The lowest BCUT2D eigenvalue weighted by Crippen LogP contribution is -2.55. The fourth-order valence-electron chi connectivity index (χ4n) is 3.69. The second kappa shape index (κ2) is 13.7. The number of thiophene rings is 3. The fraction of sp³-hybridized carbons (Fsp3) is 0.500. The van der Waals surface area contributed by atoms with Crippen LogP contribution in [0, 0.1) is 0 Å². The smallest absolute Gasteiger partial charge is 0.370 e. The summed E-state index contributed by atoms with van der Waals surface area (Å²) in [7, 11) is -5.79. The molecule has 35 heavy (non-hydrogen) atoms. The quantitative estimate of drug-likeness (QED) is 0.205. The molecule has 11 heteroatoms. The van der Waals surface area contributed by atoms with Gasteiger partial charge in [-0.1, -0.05) is 0 Å². The fourth-order valence-corrected chi connectivity index (χ4v) is 13.3. The lowest BCUT2D eigenvalue weighted by Gasteiger charge is -2.27. The molecule has 0 N–H and O–H groups in total. The zero-order chi connectivity index (χ0) is 25.3. The summed E-state index contributed by atoms with van der Waals surface area (Å²) in [4.78, 5) is 4.79. The summed E-state index contributed by atoms with van der Waals surface area (Å²) >= 11 is 5.17. The molecule has 3 aromatic heterocycles. The predicted octanol–water partition coefficient (Wildman–Crippen LogP) is 5.72. The lowest BCUT2D eigenvalue weighted by atomic mass is 10.3. The first-order valence-corrected chi connectivity index (χ1v) is 18.1. The van der Waals surface area contributed by atoms with Crippen molar-refractivity contribution in [2.24, 2.45) is 0 Å². The third-order valence-electron chi connectivity index (χ3n) is 4.91. The molecule has 0 spiro atoms. The second-order valence-corrected chi connectivity index (χ2v) is 16.2. The van der Waals surface area contributed by atoms with Crippen molar-refractivity contribution in [2.45, 2.75) is 41.5 Å². The monoisotopic (exact) mass is 572 g/mol. The minimum Gasteiger partial charge on any atom is -0.370 e. The summed E-state index contributed by atoms with van der Waals surface area (Å²) in [5.74, 6) is 0. The highest BCUT2D eigenvalue weighted by atomic mass is 32.1. The van der Waals surface area contributed by atoms with Crippen LogP contribution >= 0.6 is 34.0 Å². The average molecular weight is 573 g/mol. The molecule has 0 amide bonds. The van der Waals surface area contributed by atoms with E-state index in [0.717, 1.165) is 9.00 Å². The lowest BCUT2D eigenvalue weighted by molar-refractivity contribution is 0.0859. The highest BCUT2D eigenvalue weighted by Gasteiger charge is 2.46. The van der Waals surface area contributed by atoms with Crippen LogP contribution in [0.3, 0.4) is 0 Å². The number of hydrogen-bond donors (Lipinski definition) is 0. The van der Waals surface area contributed by atoms with Crippen LogP contribution in [0.25, 0.3) is 19.5 Å². The van der Waals surface area contributed by atoms with Gasteiger partial charge in [0, 0.05) is 59.1 Å². The highest BCUT2D eigenvalue weighted by Crippen LogP contribution is 2.38. The van der Waals surface area contributed by atoms with Crippen LogP contribution in [0.1, 0.15) is 41.5 Å². The highest BCUT2D eigenvalue weighted by molar-refractivity contribution is 7.32. The molecule has 0 saturated heterocycles. The number of rotatable bonds is 16. The summed E-state index contributed by atoms with van der Waals surface area (Å²) in [6.07, 6.45) is 0. The van der Waals surface area contributed by atoms with Crippen molar-refractivity contribution in [3.05, 3.63) is 36.4 Å². The van der Waals surface area contributed by atoms with Crippen LogP contribution in [0.15, 0.2) is 36.4 Å². The van der Waals surface area contributed by atoms with Crippen LogP contribution in [0.4, 0.5) is 0 Å². The van der Waals surface area contributed by atoms with Gasteiger partial charge in [0.15, 0.2) is 0 Å². The van der Waals surface area contributed by atoms with Gasteiger partial charge in [-0.15, -0.1) is 34.0 Å². The Labute approximate surface area is 223 Å². The molecule has 0 atom stereocenters. The largest absolute Gasteiger partial charge is 0.547 e. The van der Waals surface area contributed by atoms with Crippen molar-refractivity contribution in [3.8, 4) is 19.5 Å². The van der Waals surface area contributed by atoms with Crippen molar-refractivity contribution in [2.75, 3.05) is 39.6 Å². The molecule has 0 bridgehead atoms. The van der Waals surface area contributed by atoms with E-state index in [1.165, 1.54) is 19.5 Å². The van der Waals surface area contributed by atoms with E-state index in [1.807, 2.05) is 41.5 Å². The summed E-state index contributed by atoms with van der Waals surface area (Å²) in [6.45, 7) is 15.2. The van der Waals surface area contributed by atoms with Crippen LogP contribution < -0.4 is 9.00 Å². The topological polar surface area (TPSA) is 55.4 Å². The van der Waals surface area contributed by atoms with Gasteiger partial charge in [0.05, 0.1) is 9.00 Å². The van der Waals surface area contributed by atoms with E-state index in [0.29, 0.717) is 39.6 Å². The van der Waals surface area contributed by atoms with Gasteiger partial charge < -0.3 is 26.6 Å². The van der Waals surface area contributed by atoms with Gasteiger partial charge in [-0.2, -0.15) is 0 Å². The third kappa shape index (κ3) is 6.60. The Balaban J connectivity index is 1.88. The van der Waals surface area contributed by atoms with Crippen molar-refractivity contribution in [3.63, 3.8) is 0 Å².